The number of carbonyl (C=O) groups excluding carboxylic acids is 1. The number of ether oxygens (including phenoxy) is 1. The van der Waals surface area contributed by atoms with Crippen LogP contribution in [0.4, 0.5) is 4.79 Å². The molecule has 2 saturated carbocycles. The summed E-state index contributed by atoms with van der Waals surface area (Å²) in [6.45, 7) is 8.67. The van der Waals surface area contributed by atoms with Crippen LogP contribution in [-0.4, -0.2) is 52.1 Å². The first-order valence-corrected chi connectivity index (χ1v) is 10.1. The third-order valence-corrected chi connectivity index (χ3v) is 5.96. The van der Waals surface area contributed by atoms with Gasteiger partial charge in [-0.25, -0.2) is 4.79 Å². The first-order valence-electron chi connectivity index (χ1n) is 10.1. The van der Waals surface area contributed by atoms with E-state index in [-0.39, 0.29) is 23.7 Å². The third-order valence-electron chi connectivity index (χ3n) is 5.96. The zero-order valence-electron chi connectivity index (χ0n) is 16.2. The van der Waals surface area contributed by atoms with E-state index in [1.807, 2.05) is 37.9 Å². The van der Waals surface area contributed by atoms with Crippen molar-refractivity contribution in [3.05, 3.63) is 18.5 Å². The third kappa shape index (κ3) is 4.05. The number of nitrogens with one attached hydrogen (secondary N) is 1. The Hall–Kier alpha value is -1.56. The standard InChI is InChI=1S/C20H32N4O2/c1-20(2,3)22-19(25)23-11-15-9-17(24-8-4-7-21-24)18(10-16(15)12-23)26-13-14-5-6-14/h4,7-8,14-18H,5-6,9-13H2,1-3H3,(H,22,25)/t15-,16+,17-,18-/m0/s1. The monoisotopic (exact) mass is 360 g/mol. The van der Waals surface area contributed by atoms with Crippen molar-refractivity contribution in [2.24, 2.45) is 17.8 Å². The summed E-state index contributed by atoms with van der Waals surface area (Å²) in [4.78, 5) is 14.6. The van der Waals surface area contributed by atoms with Gasteiger partial charge in [0, 0.05) is 37.6 Å². The normalized spacial score (nSPS) is 31.7. The van der Waals surface area contributed by atoms with Crippen LogP contribution in [0.2, 0.25) is 0 Å². The highest BCUT2D eigenvalue weighted by atomic mass is 16.5. The lowest BCUT2D eigenvalue weighted by Gasteiger charge is -2.37. The number of hydrogen-bond donors (Lipinski definition) is 1. The number of carbonyl (C=O) groups is 1. The van der Waals surface area contributed by atoms with E-state index in [2.05, 4.69) is 21.3 Å². The fourth-order valence-electron chi connectivity index (χ4n) is 4.43. The second-order valence-electron chi connectivity index (χ2n) is 9.45. The summed E-state index contributed by atoms with van der Waals surface area (Å²) in [7, 11) is 0. The number of nitrogens with zero attached hydrogens (tertiary/aromatic N) is 3. The quantitative estimate of drug-likeness (QED) is 0.898. The number of amides is 2. The second kappa shape index (κ2) is 6.87. The zero-order chi connectivity index (χ0) is 18.3. The number of rotatable bonds is 4. The molecule has 6 heteroatoms. The van der Waals surface area contributed by atoms with Crippen LogP contribution in [0, 0.1) is 17.8 Å². The van der Waals surface area contributed by atoms with Crippen LogP contribution >= 0.6 is 0 Å². The minimum absolute atomic E-state index is 0.0676. The van der Waals surface area contributed by atoms with Gasteiger partial charge in [0.2, 0.25) is 0 Å². The lowest BCUT2D eigenvalue weighted by molar-refractivity contribution is -0.0371. The average molecular weight is 361 g/mol. The molecule has 1 aromatic rings. The first-order chi connectivity index (χ1) is 12.4. The van der Waals surface area contributed by atoms with Gasteiger partial charge in [-0.2, -0.15) is 5.10 Å². The number of likely N-dealkylation sites (tertiary alicyclic amines) is 1. The molecule has 1 saturated heterocycles. The van der Waals surface area contributed by atoms with Gasteiger partial charge in [0.15, 0.2) is 0 Å². The van der Waals surface area contributed by atoms with E-state index < -0.39 is 0 Å². The molecule has 2 aliphatic carbocycles. The van der Waals surface area contributed by atoms with Crippen molar-refractivity contribution in [1.29, 1.82) is 0 Å². The molecule has 26 heavy (non-hydrogen) atoms. The summed E-state index contributed by atoms with van der Waals surface area (Å²) in [6, 6.07) is 2.34. The Morgan fingerprint density at radius 3 is 2.58 bits per heavy atom. The molecular weight excluding hydrogens is 328 g/mol. The first kappa shape index (κ1) is 17.8. The predicted octanol–water partition coefficient (Wildman–Crippen LogP) is 3.07. The lowest BCUT2D eigenvalue weighted by Crippen LogP contribution is -2.47. The molecule has 144 valence electrons. The Bertz CT molecular complexity index is 620. The van der Waals surface area contributed by atoms with Gasteiger partial charge >= 0.3 is 6.03 Å². The molecule has 4 rings (SSSR count). The number of fused-ring (bicyclic) bond motifs is 1. The van der Waals surface area contributed by atoms with Gasteiger partial charge in [0.1, 0.15) is 0 Å². The summed E-state index contributed by atoms with van der Waals surface area (Å²) < 4.78 is 8.42. The summed E-state index contributed by atoms with van der Waals surface area (Å²) in [6.07, 6.45) is 8.81. The Morgan fingerprint density at radius 2 is 1.96 bits per heavy atom. The SMILES string of the molecule is CC(C)(C)NC(=O)N1C[C@H]2C[C@H](OCC3CC3)[C@@H](n3cccn3)C[C@H]2C1. The maximum atomic E-state index is 12.6. The maximum absolute atomic E-state index is 12.6. The molecule has 2 amide bonds. The van der Waals surface area contributed by atoms with Crippen LogP contribution in [0.5, 0.6) is 0 Å². The number of aromatic nitrogens is 2. The second-order valence-corrected chi connectivity index (χ2v) is 9.45. The van der Waals surface area contributed by atoms with Gasteiger partial charge in [-0.1, -0.05) is 0 Å². The van der Waals surface area contributed by atoms with Crippen LogP contribution in [0.25, 0.3) is 0 Å². The van der Waals surface area contributed by atoms with Crippen molar-refractivity contribution in [3.8, 4) is 0 Å². The van der Waals surface area contributed by atoms with Crippen molar-refractivity contribution in [2.45, 2.75) is 64.1 Å². The highest BCUT2D eigenvalue weighted by molar-refractivity contribution is 5.75. The minimum Gasteiger partial charge on any atom is -0.376 e. The topological polar surface area (TPSA) is 59.4 Å². The van der Waals surface area contributed by atoms with Crippen molar-refractivity contribution in [3.63, 3.8) is 0 Å². The Kier molecular flexibility index (Phi) is 4.71. The van der Waals surface area contributed by atoms with Gasteiger partial charge in [0.05, 0.1) is 12.1 Å². The molecule has 3 aliphatic rings. The molecule has 1 N–H and O–H groups in total. The fourth-order valence-corrected chi connectivity index (χ4v) is 4.43. The van der Waals surface area contributed by atoms with Crippen molar-refractivity contribution in [1.82, 2.24) is 20.0 Å². The van der Waals surface area contributed by atoms with E-state index in [4.69, 9.17) is 4.74 Å². The molecular formula is C20H32N4O2. The fraction of sp³-hybridized carbons (Fsp3) is 0.800. The van der Waals surface area contributed by atoms with Crippen LogP contribution in [0.3, 0.4) is 0 Å². The maximum Gasteiger partial charge on any atom is 0.317 e. The lowest BCUT2D eigenvalue weighted by atomic mass is 9.77. The van der Waals surface area contributed by atoms with Crippen LogP contribution < -0.4 is 5.32 Å². The van der Waals surface area contributed by atoms with E-state index in [0.29, 0.717) is 11.8 Å². The minimum atomic E-state index is -0.196. The Balaban J connectivity index is 1.43. The Labute approximate surface area is 156 Å². The average Bonchev–Trinajstić information content (AvgIpc) is 3.07. The zero-order valence-corrected chi connectivity index (χ0v) is 16.2. The molecule has 0 aromatic carbocycles. The summed E-state index contributed by atoms with van der Waals surface area (Å²) in [5.41, 5.74) is -0.196. The molecule has 1 aliphatic heterocycles. The summed E-state index contributed by atoms with van der Waals surface area (Å²) in [5.74, 6) is 1.84. The van der Waals surface area contributed by atoms with E-state index in [1.54, 1.807) is 0 Å². The van der Waals surface area contributed by atoms with Gasteiger partial charge in [-0.3, -0.25) is 4.68 Å². The largest absolute Gasteiger partial charge is 0.376 e. The molecule has 0 spiro atoms. The molecule has 6 nitrogen and oxygen atoms in total. The van der Waals surface area contributed by atoms with Gasteiger partial charge < -0.3 is 15.0 Å². The molecule has 1 aromatic heterocycles. The van der Waals surface area contributed by atoms with E-state index >= 15 is 0 Å². The molecule has 0 bridgehead atoms. The predicted molar refractivity (Wildman–Crippen MR) is 99.8 cm³/mol. The molecule has 2 heterocycles. The number of urea groups is 1. The Morgan fingerprint density at radius 1 is 1.23 bits per heavy atom. The molecule has 4 atom stereocenters. The molecule has 3 fully saturated rings. The van der Waals surface area contributed by atoms with Gasteiger partial charge in [0.25, 0.3) is 0 Å². The van der Waals surface area contributed by atoms with Crippen molar-refractivity contribution >= 4 is 6.03 Å². The highest BCUT2D eigenvalue weighted by Crippen LogP contribution is 2.43. The van der Waals surface area contributed by atoms with Crippen molar-refractivity contribution in [2.75, 3.05) is 19.7 Å². The molecule has 0 unspecified atom stereocenters. The number of hydrogen-bond acceptors (Lipinski definition) is 3. The summed E-state index contributed by atoms with van der Waals surface area (Å²) >= 11 is 0. The van der Waals surface area contributed by atoms with Crippen LogP contribution in [0.15, 0.2) is 18.5 Å². The van der Waals surface area contributed by atoms with Crippen LogP contribution in [0.1, 0.15) is 52.5 Å². The van der Waals surface area contributed by atoms with E-state index in [9.17, 15) is 4.79 Å². The van der Waals surface area contributed by atoms with E-state index in [1.165, 1.54) is 12.8 Å². The summed E-state index contributed by atoms with van der Waals surface area (Å²) in [5, 5.41) is 7.60. The smallest absolute Gasteiger partial charge is 0.317 e. The van der Waals surface area contributed by atoms with Gasteiger partial charge in [-0.15, -0.1) is 0 Å². The molecule has 0 radical (unpaired) electrons. The van der Waals surface area contributed by atoms with Crippen molar-refractivity contribution < 1.29 is 9.53 Å². The highest BCUT2D eigenvalue weighted by Gasteiger charge is 2.45. The van der Waals surface area contributed by atoms with E-state index in [0.717, 1.165) is 38.5 Å². The van der Waals surface area contributed by atoms with Crippen LogP contribution in [-0.2, 0) is 4.74 Å². The van der Waals surface area contributed by atoms with Gasteiger partial charge in [-0.05, 0) is 70.3 Å².